The summed E-state index contributed by atoms with van der Waals surface area (Å²) < 4.78 is 52.7. The van der Waals surface area contributed by atoms with Gasteiger partial charge >= 0.3 is 11.9 Å². The molecular formula is C13H11F4N3O2. The zero-order chi connectivity index (χ0) is 16.8. The highest BCUT2D eigenvalue weighted by Crippen LogP contribution is 2.27. The van der Waals surface area contributed by atoms with Crippen molar-refractivity contribution in [1.82, 2.24) is 9.13 Å². The molecule has 2 aromatic rings. The molecule has 118 valence electrons. The van der Waals surface area contributed by atoms with Crippen molar-refractivity contribution >= 4 is 5.69 Å². The lowest BCUT2D eigenvalue weighted by Crippen LogP contribution is -2.41. The number of alkyl halides is 3. The van der Waals surface area contributed by atoms with Crippen LogP contribution in [-0.2, 0) is 13.2 Å². The van der Waals surface area contributed by atoms with Gasteiger partial charge in [-0.25, -0.2) is 13.8 Å². The summed E-state index contributed by atoms with van der Waals surface area (Å²) in [5.41, 5.74) is 1.54. The summed E-state index contributed by atoms with van der Waals surface area (Å²) in [4.78, 5) is 23.9. The summed E-state index contributed by atoms with van der Waals surface area (Å²) in [6.07, 6.45) is -4.88. The lowest BCUT2D eigenvalue weighted by molar-refractivity contribution is -0.144. The number of anilines is 1. The minimum atomic E-state index is -4.88. The van der Waals surface area contributed by atoms with E-state index in [2.05, 4.69) is 0 Å². The maximum atomic E-state index is 14.0. The van der Waals surface area contributed by atoms with Gasteiger partial charge in [-0.05, 0) is 24.6 Å². The molecule has 0 unspecified atom stereocenters. The standard InChI is InChI=1S/C13H11F4N3O2/c1-6-3-7(14)9(4-8(6)18)20-11(21)5-10(13(15,16)17)19(2)12(20)22/h3-5H,18H2,1-2H3. The number of aromatic nitrogens is 2. The van der Waals surface area contributed by atoms with Gasteiger partial charge in [-0.3, -0.25) is 9.36 Å². The van der Waals surface area contributed by atoms with Gasteiger partial charge in [0.25, 0.3) is 5.56 Å². The molecule has 22 heavy (non-hydrogen) atoms. The van der Waals surface area contributed by atoms with Gasteiger partial charge < -0.3 is 5.73 Å². The number of aryl methyl sites for hydroxylation is 1. The third kappa shape index (κ3) is 2.49. The maximum absolute atomic E-state index is 14.0. The molecule has 1 heterocycles. The second-order valence-corrected chi connectivity index (χ2v) is 4.70. The Bertz CT molecular complexity index is 865. The van der Waals surface area contributed by atoms with Crippen molar-refractivity contribution in [1.29, 1.82) is 0 Å². The first kappa shape index (κ1) is 15.8. The van der Waals surface area contributed by atoms with Crippen LogP contribution in [0.1, 0.15) is 11.3 Å². The molecule has 0 bridgehead atoms. The molecule has 1 aromatic heterocycles. The summed E-state index contributed by atoms with van der Waals surface area (Å²) in [6, 6.07) is 2.26. The highest BCUT2D eigenvalue weighted by atomic mass is 19.4. The minimum absolute atomic E-state index is 0.102. The Kier molecular flexibility index (Phi) is 3.59. The second kappa shape index (κ2) is 5.00. The summed E-state index contributed by atoms with van der Waals surface area (Å²) in [5.74, 6) is -0.939. The number of nitrogens with zero attached hydrogens (tertiary/aromatic N) is 2. The first-order valence-corrected chi connectivity index (χ1v) is 6.00. The van der Waals surface area contributed by atoms with Crippen LogP contribution in [0, 0.1) is 12.7 Å². The average Bonchev–Trinajstić information content (AvgIpc) is 2.38. The van der Waals surface area contributed by atoms with Crippen LogP contribution in [0.25, 0.3) is 5.69 Å². The summed E-state index contributed by atoms with van der Waals surface area (Å²) in [7, 11) is 0.844. The molecule has 5 nitrogen and oxygen atoms in total. The van der Waals surface area contributed by atoms with Gasteiger partial charge in [0, 0.05) is 18.8 Å². The van der Waals surface area contributed by atoms with Crippen molar-refractivity contribution in [2.24, 2.45) is 7.05 Å². The molecule has 0 aliphatic carbocycles. The van der Waals surface area contributed by atoms with E-state index in [1.807, 2.05) is 0 Å². The molecule has 0 radical (unpaired) electrons. The van der Waals surface area contributed by atoms with Crippen LogP contribution in [-0.4, -0.2) is 9.13 Å². The zero-order valence-electron chi connectivity index (χ0n) is 11.5. The van der Waals surface area contributed by atoms with E-state index < -0.39 is 34.6 Å². The summed E-state index contributed by atoms with van der Waals surface area (Å²) >= 11 is 0. The Balaban J connectivity index is 2.85. The molecule has 0 saturated heterocycles. The highest BCUT2D eigenvalue weighted by molar-refractivity contribution is 5.54. The molecular weight excluding hydrogens is 306 g/mol. The number of benzene rings is 1. The lowest BCUT2D eigenvalue weighted by atomic mass is 10.1. The van der Waals surface area contributed by atoms with Gasteiger partial charge in [0.15, 0.2) is 0 Å². The van der Waals surface area contributed by atoms with E-state index in [0.29, 0.717) is 10.1 Å². The molecule has 1 aromatic carbocycles. The van der Waals surface area contributed by atoms with E-state index in [9.17, 15) is 27.2 Å². The Morgan fingerprint density at radius 2 is 1.73 bits per heavy atom. The molecule has 0 fully saturated rings. The summed E-state index contributed by atoms with van der Waals surface area (Å²) in [5, 5.41) is 0. The predicted octanol–water partition coefficient (Wildman–Crippen LogP) is 1.58. The number of hydrogen-bond acceptors (Lipinski definition) is 3. The van der Waals surface area contributed by atoms with Gasteiger partial charge in [0.2, 0.25) is 0 Å². The predicted molar refractivity (Wildman–Crippen MR) is 71.4 cm³/mol. The Morgan fingerprint density at radius 1 is 1.14 bits per heavy atom. The van der Waals surface area contributed by atoms with Crippen molar-refractivity contribution in [2.75, 3.05) is 5.73 Å². The molecule has 2 rings (SSSR count). The molecule has 0 aliphatic heterocycles. The van der Waals surface area contributed by atoms with Gasteiger partial charge in [-0.2, -0.15) is 13.2 Å². The SMILES string of the molecule is Cc1cc(F)c(-n2c(=O)cc(C(F)(F)F)n(C)c2=O)cc1N. The van der Waals surface area contributed by atoms with Crippen LogP contribution in [0.4, 0.5) is 23.2 Å². The molecule has 0 aliphatic rings. The van der Waals surface area contributed by atoms with E-state index in [-0.39, 0.29) is 16.3 Å². The maximum Gasteiger partial charge on any atom is 0.431 e. The monoisotopic (exact) mass is 317 g/mol. The van der Waals surface area contributed by atoms with E-state index in [0.717, 1.165) is 19.2 Å². The largest absolute Gasteiger partial charge is 0.431 e. The van der Waals surface area contributed by atoms with Crippen LogP contribution < -0.4 is 17.0 Å². The van der Waals surface area contributed by atoms with Gasteiger partial charge in [-0.15, -0.1) is 0 Å². The third-order valence-electron chi connectivity index (χ3n) is 3.19. The first-order chi connectivity index (χ1) is 10.0. The molecule has 0 spiro atoms. The normalized spacial score (nSPS) is 11.7. The fourth-order valence-corrected chi connectivity index (χ4v) is 1.97. The number of nitrogen functional groups attached to an aromatic ring is 1. The number of nitrogens with two attached hydrogens (primary N) is 1. The van der Waals surface area contributed by atoms with Crippen molar-refractivity contribution in [3.8, 4) is 5.69 Å². The molecule has 0 saturated carbocycles. The fraction of sp³-hybridized carbons (Fsp3) is 0.231. The Labute approximate surface area is 121 Å². The van der Waals surface area contributed by atoms with Gasteiger partial charge in [-0.1, -0.05) is 0 Å². The van der Waals surface area contributed by atoms with Crippen LogP contribution >= 0.6 is 0 Å². The molecule has 9 heteroatoms. The molecule has 0 atom stereocenters. The smallest absolute Gasteiger partial charge is 0.398 e. The highest BCUT2D eigenvalue weighted by Gasteiger charge is 2.35. The fourth-order valence-electron chi connectivity index (χ4n) is 1.97. The third-order valence-corrected chi connectivity index (χ3v) is 3.19. The van der Waals surface area contributed by atoms with Crippen molar-refractivity contribution in [2.45, 2.75) is 13.1 Å². The number of halogens is 4. The topological polar surface area (TPSA) is 70.0 Å². The Hall–Kier alpha value is -2.58. The van der Waals surface area contributed by atoms with E-state index in [1.54, 1.807) is 0 Å². The zero-order valence-corrected chi connectivity index (χ0v) is 11.5. The second-order valence-electron chi connectivity index (χ2n) is 4.70. The van der Waals surface area contributed by atoms with Crippen molar-refractivity contribution in [3.63, 3.8) is 0 Å². The quantitative estimate of drug-likeness (QED) is 0.641. The molecule has 2 N–H and O–H groups in total. The van der Waals surface area contributed by atoms with Crippen LogP contribution in [0.2, 0.25) is 0 Å². The van der Waals surface area contributed by atoms with E-state index in [4.69, 9.17) is 5.73 Å². The van der Waals surface area contributed by atoms with Crippen LogP contribution in [0.15, 0.2) is 27.8 Å². The van der Waals surface area contributed by atoms with Crippen molar-refractivity contribution < 1.29 is 17.6 Å². The minimum Gasteiger partial charge on any atom is -0.398 e. The van der Waals surface area contributed by atoms with Crippen LogP contribution in [0.5, 0.6) is 0 Å². The van der Waals surface area contributed by atoms with Crippen molar-refractivity contribution in [3.05, 3.63) is 56.1 Å². The van der Waals surface area contributed by atoms with Gasteiger partial charge in [0.1, 0.15) is 11.5 Å². The Morgan fingerprint density at radius 3 is 2.27 bits per heavy atom. The summed E-state index contributed by atoms with van der Waals surface area (Å²) in [6.45, 7) is 1.51. The van der Waals surface area contributed by atoms with E-state index in [1.165, 1.54) is 6.92 Å². The lowest BCUT2D eigenvalue weighted by Gasteiger charge is -2.14. The first-order valence-electron chi connectivity index (χ1n) is 6.00. The van der Waals surface area contributed by atoms with Crippen LogP contribution in [0.3, 0.4) is 0 Å². The van der Waals surface area contributed by atoms with Gasteiger partial charge in [0.05, 0.1) is 5.69 Å². The molecule has 0 amide bonds. The number of rotatable bonds is 1. The number of hydrogen-bond donors (Lipinski definition) is 1. The van der Waals surface area contributed by atoms with E-state index >= 15 is 0 Å². The average molecular weight is 317 g/mol.